The van der Waals surface area contributed by atoms with E-state index in [4.69, 9.17) is 15.9 Å². The minimum Gasteiger partial charge on any atom is -0.243 e. The summed E-state index contributed by atoms with van der Waals surface area (Å²) < 4.78 is 46.8. The number of hydrogen-bond acceptors (Lipinski definition) is 4. The largest absolute Gasteiger partial charge is 0.279 e. The third kappa shape index (κ3) is 2.40. The zero-order valence-corrected chi connectivity index (χ0v) is 8.56. The average molecular weight is 253 g/mol. The molecule has 0 N–H and O–H groups in total. The van der Waals surface area contributed by atoms with Gasteiger partial charge in [0.15, 0.2) is 5.03 Å². The van der Waals surface area contributed by atoms with E-state index < -0.39 is 31.6 Å². The van der Waals surface area contributed by atoms with E-state index in [9.17, 15) is 17.2 Å². The summed E-state index contributed by atoms with van der Waals surface area (Å²) in [5.74, 6) is 0. The topological polar surface area (TPSA) is 70.8 Å². The molecular weight excluding hydrogens is 250 g/mol. The van der Waals surface area contributed by atoms with Crippen LogP contribution in [0.4, 0.5) is 8.78 Å². The van der Waals surface area contributed by atoms with Gasteiger partial charge in [-0.2, -0.15) is 5.26 Å². The Balaban J connectivity index is 3.62. The van der Waals surface area contributed by atoms with Crippen molar-refractivity contribution in [2.45, 2.75) is 11.5 Å². The van der Waals surface area contributed by atoms with E-state index in [2.05, 4.69) is 4.98 Å². The molecule has 0 amide bonds. The molecule has 0 radical (unpaired) electrons. The molecule has 8 heteroatoms. The Hall–Kier alpha value is -1.26. The molecule has 0 bridgehead atoms. The van der Waals surface area contributed by atoms with Crippen molar-refractivity contribution in [2.24, 2.45) is 0 Å². The van der Waals surface area contributed by atoms with Gasteiger partial charge < -0.3 is 0 Å². The number of hydrogen-bond donors (Lipinski definition) is 0. The zero-order valence-electron chi connectivity index (χ0n) is 6.99. The van der Waals surface area contributed by atoms with Crippen LogP contribution in [-0.2, 0) is 9.05 Å². The third-order valence-corrected chi connectivity index (χ3v) is 2.75. The quantitative estimate of drug-likeness (QED) is 0.753. The molecule has 0 fully saturated rings. The second-order valence-corrected chi connectivity index (χ2v) is 4.91. The second kappa shape index (κ2) is 4.08. The van der Waals surface area contributed by atoms with E-state index in [-0.39, 0.29) is 0 Å². The van der Waals surface area contributed by atoms with Gasteiger partial charge in [0.25, 0.3) is 15.5 Å². The number of halogens is 3. The summed E-state index contributed by atoms with van der Waals surface area (Å²) in [6.45, 7) is 0. The van der Waals surface area contributed by atoms with E-state index in [1.165, 1.54) is 6.07 Å². The van der Waals surface area contributed by atoms with Crippen LogP contribution in [0.5, 0.6) is 0 Å². The van der Waals surface area contributed by atoms with E-state index in [0.717, 1.165) is 12.3 Å². The monoisotopic (exact) mass is 252 g/mol. The third-order valence-electron chi connectivity index (χ3n) is 1.52. The van der Waals surface area contributed by atoms with Gasteiger partial charge in [0.2, 0.25) is 0 Å². The van der Waals surface area contributed by atoms with Gasteiger partial charge in [0.05, 0.1) is 17.2 Å². The molecule has 1 heterocycles. The van der Waals surface area contributed by atoms with Crippen LogP contribution < -0.4 is 0 Å². The maximum absolute atomic E-state index is 12.5. The van der Waals surface area contributed by atoms with Gasteiger partial charge in [0.1, 0.15) is 0 Å². The normalized spacial score (nSPS) is 11.4. The second-order valence-electron chi connectivity index (χ2n) is 2.43. The molecular formula is C7H3ClF2N2O2S. The van der Waals surface area contributed by atoms with Gasteiger partial charge in [0, 0.05) is 16.9 Å². The Morgan fingerprint density at radius 2 is 2.13 bits per heavy atom. The van der Waals surface area contributed by atoms with E-state index in [0.29, 0.717) is 0 Å². The Morgan fingerprint density at radius 3 is 2.53 bits per heavy atom. The number of pyridine rings is 1. The molecule has 0 atom stereocenters. The van der Waals surface area contributed by atoms with Gasteiger partial charge >= 0.3 is 0 Å². The number of nitrogens with zero attached hydrogens (tertiary/aromatic N) is 2. The lowest BCUT2D eigenvalue weighted by Gasteiger charge is -2.05. The fourth-order valence-corrected chi connectivity index (χ4v) is 1.97. The molecule has 15 heavy (non-hydrogen) atoms. The summed E-state index contributed by atoms with van der Waals surface area (Å²) in [7, 11) is 0.523. The minimum atomic E-state index is -4.38. The molecule has 0 spiro atoms. The molecule has 80 valence electrons. The first kappa shape index (κ1) is 11.8. The van der Waals surface area contributed by atoms with E-state index >= 15 is 0 Å². The van der Waals surface area contributed by atoms with E-state index in [1.807, 2.05) is 0 Å². The molecule has 0 saturated heterocycles. The molecule has 0 aliphatic rings. The van der Waals surface area contributed by atoms with Crippen LogP contribution in [0.2, 0.25) is 0 Å². The van der Waals surface area contributed by atoms with Crippen molar-refractivity contribution in [3.05, 3.63) is 23.4 Å². The highest BCUT2D eigenvalue weighted by molar-refractivity contribution is 8.13. The summed E-state index contributed by atoms with van der Waals surface area (Å²) >= 11 is 0. The predicted octanol–water partition coefficient (Wildman–Crippen LogP) is 1.82. The van der Waals surface area contributed by atoms with Crippen LogP contribution >= 0.6 is 10.7 Å². The first-order valence-electron chi connectivity index (χ1n) is 3.49. The first-order chi connectivity index (χ1) is 6.88. The number of rotatable bonds is 2. The molecule has 0 aromatic carbocycles. The molecule has 1 rings (SSSR count). The van der Waals surface area contributed by atoms with Crippen LogP contribution in [0.1, 0.15) is 17.6 Å². The summed E-state index contributed by atoms with van der Waals surface area (Å²) in [6.07, 6.45) is -2.20. The summed E-state index contributed by atoms with van der Waals surface area (Å²) in [4.78, 5) is 3.23. The molecule has 0 aliphatic heterocycles. The minimum absolute atomic E-state index is 0.459. The van der Waals surface area contributed by atoms with Crippen molar-refractivity contribution in [3.8, 4) is 6.07 Å². The molecule has 1 aromatic rings. The Bertz CT molecular complexity index is 524. The van der Waals surface area contributed by atoms with Gasteiger partial charge in [-0.1, -0.05) is 0 Å². The average Bonchev–Trinajstić information content (AvgIpc) is 2.15. The number of alkyl halides is 2. The van der Waals surface area contributed by atoms with E-state index in [1.54, 1.807) is 0 Å². The predicted molar refractivity (Wildman–Crippen MR) is 46.9 cm³/mol. The summed E-state index contributed by atoms with van der Waals surface area (Å²) in [6, 6.07) is 2.44. The van der Waals surface area contributed by atoms with Crippen LogP contribution in [-0.4, -0.2) is 13.4 Å². The van der Waals surface area contributed by atoms with Gasteiger partial charge in [-0.25, -0.2) is 22.2 Å². The van der Waals surface area contributed by atoms with Crippen molar-refractivity contribution in [1.82, 2.24) is 4.98 Å². The highest BCUT2D eigenvalue weighted by Crippen LogP contribution is 2.29. The Kier molecular flexibility index (Phi) is 3.21. The van der Waals surface area contributed by atoms with Gasteiger partial charge in [-0.15, -0.1) is 0 Å². The van der Waals surface area contributed by atoms with Crippen LogP contribution in [0, 0.1) is 11.3 Å². The molecule has 1 aromatic heterocycles. The first-order valence-corrected chi connectivity index (χ1v) is 5.80. The highest BCUT2D eigenvalue weighted by atomic mass is 35.7. The fraction of sp³-hybridized carbons (Fsp3) is 0.143. The van der Waals surface area contributed by atoms with Crippen LogP contribution in [0.15, 0.2) is 17.3 Å². The van der Waals surface area contributed by atoms with Crippen molar-refractivity contribution in [3.63, 3.8) is 0 Å². The maximum atomic E-state index is 12.5. The summed E-state index contributed by atoms with van der Waals surface area (Å²) in [5.41, 5.74) is -1.42. The van der Waals surface area contributed by atoms with Crippen LogP contribution in [0.3, 0.4) is 0 Å². The fourth-order valence-electron chi connectivity index (χ4n) is 0.957. The van der Waals surface area contributed by atoms with Crippen molar-refractivity contribution in [1.29, 1.82) is 5.26 Å². The maximum Gasteiger partial charge on any atom is 0.279 e. The summed E-state index contributed by atoms with van der Waals surface area (Å²) in [5, 5.41) is 7.53. The van der Waals surface area contributed by atoms with Crippen molar-refractivity contribution < 1.29 is 17.2 Å². The number of aromatic nitrogens is 1. The van der Waals surface area contributed by atoms with Crippen molar-refractivity contribution in [2.75, 3.05) is 0 Å². The lowest BCUT2D eigenvalue weighted by molar-refractivity contribution is 0.146. The molecule has 0 unspecified atom stereocenters. The lowest BCUT2D eigenvalue weighted by atomic mass is 10.2. The zero-order chi connectivity index (χ0) is 11.6. The standard InChI is InChI=1S/C7H3ClF2N2O2S/c8-15(13,14)7-5(6(9)10)4(3-11)1-2-12-7/h1-2,6H. The lowest BCUT2D eigenvalue weighted by Crippen LogP contribution is -2.04. The van der Waals surface area contributed by atoms with Gasteiger partial charge in [-0.3, -0.25) is 0 Å². The number of nitriles is 1. The van der Waals surface area contributed by atoms with Crippen LogP contribution in [0.25, 0.3) is 0 Å². The highest BCUT2D eigenvalue weighted by Gasteiger charge is 2.26. The Morgan fingerprint density at radius 1 is 1.53 bits per heavy atom. The smallest absolute Gasteiger partial charge is 0.243 e. The molecule has 4 nitrogen and oxygen atoms in total. The molecule has 0 aliphatic carbocycles. The Labute approximate surface area is 88.5 Å². The molecule has 0 saturated carbocycles. The SMILES string of the molecule is N#Cc1ccnc(S(=O)(=O)Cl)c1C(F)F. The van der Waals surface area contributed by atoms with Gasteiger partial charge in [-0.05, 0) is 6.07 Å². The van der Waals surface area contributed by atoms with Crippen molar-refractivity contribution >= 4 is 19.7 Å².